The van der Waals surface area contributed by atoms with Crippen LogP contribution in [0.4, 0.5) is 5.82 Å². The standard InChI is InChI=1S/C18H20Cl2N4O3S/c1-13(22-28(26,27)16-5-2-14(19)3-6-16)18(25)24-10-8-23(9-11-24)17-7-4-15(20)12-21-17/h2-7,12-13,22H,8-11H2,1H3/t13-/m0/s1. The van der Waals surface area contributed by atoms with Crippen LogP contribution in [0.15, 0.2) is 47.5 Å². The molecule has 1 aliphatic heterocycles. The number of amides is 1. The Morgan fingerprint density at radius 3 is 2.21 bits per heavy atom. The second-order valence-electron chi connectivity index (χ2n) is 6.44. The predicted molar refractivity (Wildman–Crippen MR) is 109 cm³/mol. The van der Waals surface area contributed by atoms with E-state index in [1.807, 2.05) is 6.07 Å². The Morgan fingerprint density at radius 2 is 1.64 bits per heavy atom. The minimum Gasteiger partial charge on any atom is -0.353 e. The van der Waals surface area contributed by atoms with E-state index in [2.05, 4.69) is 14.6 Å². The summed E-state index contributed by atoms with van der Waals surface area (Å²) in [7, 11) is -3.81. The number of carbonyl (C=O) groups excluding carboxylic acids is 1. The summed E-state index contributed by atoms with van der Waals surface area (Å²) in [6.07, 6.45) is 1.59. The molecule has 150 valence electrons. The van der Waals surface area contributed by atoms with Gasteiger partial charge in [0.2, 0.25) is 15.9 Å². The van der Waals surface area contributed by atoms with Crippen LogP contribution in [0.1, 0.15) is 6.92 Å². The largest absolute Gasteiger partial charge is 0.353 e. The van der Waals surface area contributed by atoms with Gasteiger partial charge in [0.1, 0.15) is 5.82 Å². The molecule has 28 heavy (non-hydrogen) atoms. The zero-order chi connectivity index (χ0) is 20.3. The van der Waals surface area contributed by atoms with Crippen molar-refractivity contribution in [3.8, 4) is 0 Å². The van der Waals surface area contributed by atoms with Gasteiger partial charge < -0.3 is 9.80 Å². The number of rotatable bonds is 5. The van der Waals surface area contributed by atoms with Crippen molar-refractivity contribution < 1.29 is 13.2 Å². The monoisotopic (exact) mass is 442 g/mol. The van der Waals surface area contributed by atoms with Crippen LogP contribution in [0, 0.1) is 0 Å². The van der Waals surface area contributed by atoms with Crippen LogP contribution in [0.5, 0.6) is 0 Å². The van der Waals surface area contributed by atoms with E-state index in [0.717, 1.165) is 5.82 Å². The highest BCUT2D eigenvalue weighted by molar-refractivity contribution is 7.89. The smallest absolute Gasteiger partial charge is 0.241 e. The molecular weight excluding hydrogens is 423 g/mol. The number of piperazine rings is 1. The van der Waals surface area contributed by atoms with Crippen LogP contribution in [0.3, 0.4) is 0 Å². The van der Waals surface area contributed by atoms with Gasteiger partial charge in [0, 0.05) is 37.4 Å². The molecule has 10 heteroatoms. The number of aromatic nitrogens is 1. The molecule has 0 aliphatic carbocycles. The normalized spacial score (nSPS) is 16.1. The third-order valence-electron chi connectivity index (χ3n) is 4.45. The second kappa shape index (κ2) is 8.65. The fourth-order valence-electron chi connectivity index (χ4n) is 2.95. The summed E-state index contributed by atoms with van der Waals surface area (Å²) < 4.78 is 27.3. The van der Waals surface area contributed by atoms with Crippen molar-refractivity contribution in [2.75, 3.05) is 31.1 Å². The summed E-state index contributed by atoms with van der Waals surface area (Å²) in [6, 6.07) is 8.53. The fraction of sp³-hybridized carbons (Fsp3) is 0.333. The quantitative estimate of drug-likeness (QED) is 0.768. The maximum atomic E-state index is 12.7. The molecule has 2 heterocycles. The molecule has 1 amide bonds. The Hall–Kier alpha value is -1.87. The van der Waals surface area contributed by atoms with Gasteiger partial charge in [-0.1, -0.05) is 23.2 Å². The average molecular weight is 443 g/mol. The molecule has 3 rings (SSSR count). The van der Waals surface area contributed by atoms with Gasteiger partial charge in [-0.3, -0.25) is 4.79 Å². The van der Waals surface area contributed by atoms with E-state index in [9.17, 15) is 13.2 Å². The number of halogens is 2. The van der Waals surface area contributed by atoms with Gasteiger partial charge in [-0.05, 0) is 43.3 Å². The molecule has 1 atom stereocenters. The number of carbonyl (C=O) groups is 1. The van der Waals surface area contributed by atoms with E-state index in [0.29, 0.717) is 36.2 Å². The molecule has 0 saturated carbocycles. The van der Waals surface area contributed by atoms with Crippen molar-refractivity contribution in [3.63, 3.8) is 0 Å². The van der Waals surface area contributed by atoms with Crippen LogP contribution >= 0.6 is 23.2 Å². The minimum absolute atomic E-state index is 0.0650. The van der Waals surface area contributed by atoms with E-state index >= 15 is 0 Å². The highest BCUT2D eigenvalue weighted by atomic mass is 35.5. The van der Waals surface area contributed by atoms with Crippen molar-refractivity contribution in [1.29, 1.82) is 0 Å². The lowest BCUT2D eigenvalue weighted by Crippen LogP contribution is -2.54. The van der Waals surface area contributed by atoms with Crippen LogP contribution in [0.25, 0.3) is 0 Å². The molecule has 0 spiro atoms. The van der Waals surface area contributed by atoms with Gasteiger partial charge in [0.25, 0.3) is 0 Å². The van der Waals surface area contributed by atoms with Gasteiger partial charge in [-0.2, -0.15) is 4.72 Å². The van der Waals surface area contributed by atoms with Crippen molar-refractivity contribution in [1.82, 2.24) is 14.6 Å². The van der Waals surface area contributed by atoms with Gasteiger partial charge in [0.15, 0.2) is 0 Å². The van der Waals surface area contributed by atoms with Gasteiger partial charge in [-0.15, -0.1) is 0 Å². The summed E-state index contributed by atoms with van der Waals surface area (Å²) in [4.78, 5) is 20.7. The maximum absolute atomic E-state index is 12.7. The third-order valence-corrected chi connectivity index (χ3v) is 6.49. The van der Waals surface area contributed by atoms with Crippen molar-refractivity contribution in [3.05, 3.63) is 52.6 Å². The summed E-state index contributed by atoms with van der Waals surface area (Å²) in [5.41, 5.74) is 0. The lowest BCUT2D eigenvalue weighted by molar-refractivity contribution is -0.132. The zero-order valence-corrected chi connectivity index (χ0v) is 17.5. The number of anilines is 1. The number of benzene rings is 1. The second-order valence-corrected chi connectivity index (χ2v) is 9.03. The average Bonchev–Trinajstić information content (AvgIpc) is 2.68. The first-order valence-electron chi connectivity index (χ1n) is 8.69. The lowest BCUT2D eigenvalue weighted by atomic mass is 10.2. The number of hydrogen-bond donors (Lipinski definition) is 1. The molecule has 0 unspecified atom stereocenters. The van der Waals surface area contributed by atoms with Gasteiger partial charge in [0.05, 0.1) is 16.0 Å². The van der Waals surface area contributed by atoms with Crippen molar-refractivity contribution >= 4 is 45.0 Å². The third kappa shape index (κ3) is 4.94. The van der Waals surface area contributed by atoms with Gasteiger partial charge in [-0.25, -0.2) is 13.4 Å². The first-order valence-corrected chi connectivity index (χ1v) is 10.9. The fourth-order valence-corrected chi connectivity index (χ4v) is 4.38. The van der Waals surface area contributed by atoms with Crippen molar-refractivity contribution in [2.24, 2.45) is 0 Å². The Bertz CT molecular complexity index is 928. The first-order chi connectivity index (χ1) is 13.3. The van der Waals surface area contributed by atoms with E-state index in [1.165, 1.54) is 24.3 Å². The maximum Gasteiger partial charge on any atom is 0.241 e. The van der Waals surface area contributed by atoms with Crippen LogP contribution in [-0.4, -0.2) is 56.4 Å². The highest BCUT2D eigenvalue weighted by Crippen LogP contribution is 2.17. The molecule has 0 radical (unpaired) electrons. The number of sulfonamides is 1. The first kappa shape index (κ1) is 20.9. The minimum atomic E-state index is -3.81. The summed E-state index contributed by atoms with van der Waals surface area (Å²) in [6.45, 7) is 3.73. The van der Waals surface area contributed by atoms with Crippen LogP contribution in [0.2, 0.25) is 10.0 Å². The lowest BCUT2D eigenvalue weighted by Gasteiger charge is -2.36. The number of nitrogens with zero attached hydrogens (tertiary/aromatic N) is 3. The van der Waals surface area contributed by atoms with Crippen LogP contribution in [-0.2, 0) is 14.8 Å². The Balaban J connectivity index is 1.58. The SMILES string of the molecule is C[C@H](NS(=O)(=O)c1ccc(Cl)cc1)C(=O)N1CCN(c2ccc(Cl)cn2)CC1. The molecule has 2 aromatic rings. The molecule has 1 N–H and O–H groups in total. The van der Waals surface area contributed by atoms with E-state index in [-0.39, 0.29) is 10.8 Å². The molecule has 1 aromatic heterocycles. The summed E-state index contributed by atoms with van der Waals surface area (Å²) in [5, 5.41) is 1.01. The predicted octanol–water partition coefficient (Wildman–Crippen LogP) is 2.40. The highest BCUT2D eigenvalue weighted by Gasteiger charge is 2.28. The molecule has 1 aliphatic rings. The van der Waals surface area contributed by atoms with E-state index in [4.69, 9.17) is 23.2 Å². The number of nitrogens with one attached hydrogen (secondary N) is 1. The molecule has 1 fully saturated rings. The van der Waals surface area contributed by atoms with E-state index < -0.39 is 16.1 Å². The summed E-state index contributed by atoms with van der Waals surface area (Å²) in [5.74, 6) is 0.536. The topological polar surface area (TPSA) is 82.6 Å². The van der Waals surface area contributed by atoms with Gasteiger partial charge >= 0.3 is 0 Å². The molecule has 1 saturated heterocycles. The molecule has 1 aromatic carbocycles. The molecule has 0 bridgehead atoms. The summed E-state index contributed by atoms with van der Waals surface area (Å²) >= 11 is 11.7. The van der Waals surface area contributed by atoms with E-state index in [1.54, 1.807) is 24.1 Å². The molecular formula is C18H20Cl2N4O3S. The Morgan fingerprint density at radius 1 is 1.04 bits per heavy atom. The number of hydrogen-bond acceptors (Lipinski definition) is 5. The molecule has 7 nitrogen and oxygen atoms in total. The Labute approximate surface area is 174 Å². The Kier molecular flexibility index (Phi) is 6.44. The number of pyridine rings is 1. The van der Waals surface area contributed by atoms with Crippen molar-refractivity contribution in [2.45, 2.75) is 17.9 Å². The van der Waals surface area contributed by atoms with Crippen LogP contribution < -0.4 is 9.62 Å². The zero-order valence-electron chi connectivity index (χ0n) is 15.2.